The molecular weight excluding hydrogens is 228 g/mol. The number of aromatic carboxylic acids is 1. The fourth-order valence-electron chi connectivity index (χ4n) is 1.13. The normalized spacial score (nSPS) is 10.1. The van der Waals surface area contributed by atoms with Gasteiger partial charge in [-0.15, -0.1) is 11.3 Å². The standard InChI is InChI=1S/C10H14N2O3S/c1-3-4-5-12(2)9(13)8-11-7(6-16-8)10(14)15/h6H,3-5H2,1-2H3,(H,14,15). The molecule has 6 heteroatoms. The average Bonchev–Trinajstić information content (AvgIpc) is 2.74. The van der Waals surface area contributed by atoms with Gasteiger partial charge in [0.1, 0.15) is 0 Å². The van der Waals surface area contributed by atoms with Gasteiger partial charge in [0.05, 0.1) is 0 Å². The van der Waals surface area contributed by atoms with Gasteiger partial charge in [0.15, 0.2) is 10.7 Å². The van der Waals surface area contributed by atoms with E-state index >= 15 is 0 Å². The number of amides is 1. The molecule has 1 N–H and O–H groups in total. The Labute approximate surface area is 97.7 Å². The topological polar surface area (TPSA) is 70.5 Å². The number of hydrogen-bond acceptors (Lipinski definition) is 4. The van der Waals surface area contributed by atoms with Crippen molar-refractivity contribution >= 4 is 23.2 Å². The van der Waals surface area contributed by atoms with Gasteiger partial charge >= 0.3 is 5.97 Å². The number of thiazole rings is 1. The molecule has 1 heterocycles. The highest BCUT2D eigenvalue weighted by atomic mass is 32.1. The molecule has 0 aliphatic heterocycles. The van der Waals surface area contributed by atoms with Gasteiger partial charge in [-0.25, -0.2) is 9.78 Å². The first-order valence-electron chi connectivity index (χ1n) is 5.00. The zero-order valence-corrected chi connectivity index (χ0v) is 10.1. The Balaban J connectivity index is 2.68. The number of carboxylic acid groups (broad SMARTS) is 1. The summed E-state index contributed by atoms with van der Waals surface area (Å²) in [5.41, 5.74) is -0.0720. The maximum absolute atomic E-state index is 11.8. The first kappa shape index (κ1) is 12.6. The highest BCUT2D eigenvalue weighted by Crippen LogP contribution is 2.12. The van der Waals surface area contributed by atoms with Crippen molar-refractivity contribution in [3.8, 4) is 0 Å². The lowest BCUT2D eigenvalue weighted by Crippen LogP contribution is -2.27. The van der Waals surface area contributed by atoms with Crippen LogP contribution in [0.5, 0.6) is 0 Å². The molecule has 1 aromatic heterocycles. The Morgan fingerprint density at radius 2 is 2.25 bits per heavy atom. The molecule has 0 aliphatic carbocycles. The highest BCUT2D eigenvalue weighted by Gasteiger charge is 2.17. The van der Waals surface area contributed by atoms with E-state index in [2.05, 4.69) is 4.98 Å². The Hall–Kier alpha value is -1.43. The zero-order chi connectivity index (χ0) is 12.1. The van der Waals surface area contributed by atoms with E-state index < -0.39 is 5.97 Å². The lowest BCUT2D eigenvalue weighted by atomic mass is 10.3. The predicted octanol–water partition coefficient (Wildman–Crippen LogP) is 1.71. The minimum absolute atomic E-state index is 0.0720. The number of aromatic nitrogens is 1. The summed E-state index contributed by atoms with van der Waals surface area (Å²) in [6.45, 7) is 2.71. The molecule has 1 rings (SSSR count). The lowest BCUT2D eigenvalue weighted by Gasteiger charge is -2.14. The third-order valence-electron chi connectivity index (χ3n) is 2.10. The first-order chi connectivity index (χ1) is 7.56. The second kappa shape index (κ2) is 5.60. The molecule has 1 amide bonds. The fraction of sp³-hybridized carbons (Fsp3) is 0.500. The minimum Gasteiger partial charge on any atom is -0.476 e. The quantitative estimate of drug-likeness (QED) is 0.853. The van der Waals surface area contributed by atoms with Crippen LogP contribution >= 0.6 is 11.3 Å². The molecule has 0 bridgehead atoms. The SMILES string of the molecule is CCCCN(C)C(=O)c1nc(C(=O)O)cs1. The number of nitrogens with zero attached hydrogens (tertiary/aromatic N) is 2. The largest absolute Gasteiger partial charge is 0.476 e. The molecule has 88 valence electrons. The Morgan fingerprint density at radius 1 is 1.56 bits per heavy atom. The van der Waals surface area contributed by atoms with Gasteiger partial charge in [-0.05, 0) is 6.42 Å². The molecule has 1 aromatic rings. The summed E-state index contributed by atoms with van der Waals surface area (Å²) in [7, 11) is 1.69. The number of carboxylic acids is 1. The van der Waals surface area contributed by atoms with Crippen LogP contribution < -0.4 is 0 Å². The van der Waals surface area contributed by atoms with Crippen LogP contribution in [0.15, 0.2) is 5.38 Å². The van der Waals surface area contributed by atoms with Crippen LogP contribution in [-0.4, -0.2) is 40.5 Å². The second-order valence-electron chi connectivity index (χ2n) is 3.42. The van der Waals surface area contributed by atoms with Crippen LogP contribution in [-0.2, 0) is 0 Å². The summed E-state index contributed by atoms with van der Waals surface area (Å²) in [5.74, 6) is -1.32. The van der Waals surface area contributed by atoms with Crippen LogP contribution in [0.4, 0.5) is 0 Å². The summed E-state index contributed by atoms with van der Waals surface area (Å²) in [6.07, 6.45) is 1.94. The Morgan fingerprint density at radius 3 is 2.75 bits per heavy atom. The van der Waals surface area contributed by atoms with Crippen molar-refractivity contribution in [2.75, 3.05) is 13.6 Å². The molecule has 0 fully saturated rings. The molecule has 0 saturated carbocycles. The van der Waals surface area contributed by atoms with Gasteiger partial charge in [-0.2, -0.15) is 0 Å². The van der Waals surface area contributed by atoms with Gasteiger partial charge in [-0.3, -0.25) is 4.79 Å². The molecule has 0 aromatic carbocycles. The zero-order valence-electron chi connectivity index (χ0n) is 9.27. The van der Waals surface area contributed by atoms with Gasteiger partial charge in [-0.1, -0.05) is 13.3 Å². The first-order valence-corrected chi connectivity index (χ1v) is 5.88. The van der Waals surface area contributed by atoms with Crippen LogP contribution in [0.3, 0.4) is 0 Å². The molecule has 0 aliphatic rings. The van der Waals surface area contributed by atoms with Crippen molar-refractivity contribution in [1.82, 2.24) is 9.88 Å². The second-order valence-corrected chi connectivity index (χ2v) is 4.28. The summed E-state index contributed by atoms with van der Waals surface area (Å²) in [6, 6.07) is 0. The van der Waals surface area contributed by atoms with E-state index in [0.29, 0.717) is 6.54 Å². The van der Waals surface area contributed by atoms with Crippen LogP contribution in [0.25, 0.3) is 0 Å². The smallest absolute Gasteiger partial charge is 0.355 e. The van der Waals surface area contributed by atoms with Crippen molar-refractivity contribution < 1.29 is 14.7 Å². The van der Waals surface area contributed by atoms with Gasteiger partial charge < -0.3 is 10.0 Å². The molecule has 0 spiro atoms. The van der Waals surface area contributed by atoms with Crippen molar-refractivity contribution in [2.45, 2.75) is 19.8 Å². The molecule has 0 radical (unpaired) electrons. The summed E-state index contributed by atoms with van der Waals surface area (Å²) in [5, 5.41) is 10.3. The number of carbonyl (C=O) groups excluding carboxylic acids is 1. The number of hydrogen-bond donors (Lipinski definition) is 1. The van der Waals surface area contributed by atoms with Crippen molar-refractivity contribution in [2.24, 2.45) is 0 Å². The number of unbranched alkanes of at least 4 members (excludes halogenated alkanes) is 1. The van der Waals surface area contributed by atoms with Crippen molar-refractivity contribution in [3.63, 3.8) is 0 Å². The van der Waals surface area contributed by atoms with Gasteiger partial charge in [0.25, 0.3) is 5.91 Å². The van der Waals surface area contributed by atoms with Crippen LogP contribution in [0.2, 0.25) is 0 Å². The average molecular weight is 242 g/mol. The summed E-state index contributed by atoms with van der Waals surface area (Å²) < 4.78 is 0. The maximum Gasteiger partial charge on any atom is 0.355 e. The molecule has 0 atom stereocenters. The minimum atomic E-state index is -1.11. The summed E-state index contributed by atoms with van der Waals surface area (Å²) in [4.78, 5) is 27.7. The Kier molecular flexibility index (Phi) is 4.42. The van der Waals surface area contributed by atoms with Gasteiger partial charge in [0, 0.05) is 19.0 Å². The van der Waals surface area contributed by atoms with E-state index in [1.165, 1.54) is 5.38 Å². The van der Waals surface area contributed by atoms with Crippen LogP contribution in [0, 0.1) is 0 Å². The van der Waals surface area contributed by atoms with E-state index in [9.17, 15) is 9.59 Å². The van der Waals surface area contributed by atoms with E-state index in [1.807, 2.05) is 6.92 Å². The van der Waals surface area contributed by atoms with Crippen molar-refractivity contribution in [1.29, 1.82) is 0 Å². The maximum atomic E-state index is 11.8. The third-order valence-corrected chi connectivity index (χ3v) is 2.93. The third kappa shape index (κ3) is 3.03. The monoisotopic (exact) mass is 242 g/mol. The molecule has 0 unspecified atom stereocenters. The lowest BCUT2D eigenvalue weighted by molar-refractivity contribution is 0.0691. The van der Waals surface area contributed by atoms with Crippen molar-refractivity contribution in [3.05, 3.63) is 16.1 Å². The Bertz CT molecular complexity index is 389. The summed E-state index contributed by atoms with van der Waals surface area (Å²) >= 11 is 1.06. The number of carbonyl (C=O) groups is 2. The fourth-order valence-corrected chi connectivity index (χ4v) is 1.91. The molecular formula is C10H14N2O3S. The van der Waals surface area contributed by atoms with E-state index in [-0.39, 0.29) is 16.6 Å². The van der Waals surface area contributed by atoms with E-state index in [0.717, 1.165) is 24.2 Å². The number of rotatable bonds is 5. The van der Waals surface area contributed by atoms with Crippen LogP contribution in [0.1, 0.15) is 40.1 Å². The van der Waals surface area contributed by atoms with E-state index in [1.54, 1.807) is 11.9 Å². The van der Waals surface area contributed by atoms with E-state index in [4.69, 9.17) is 5.11 Å². The highest BCUT2D eigenvalue weighted by molar-refractivity contribution is 7.11. The molecule has 16 heavy (non-hydrogen) atoms. The molecule has 5 nitrogen and oxygen atoms in total. The molecule has 0 saturated heterocycles. The van der Waals surface area contributed by atoms with Gasteiger partial charge in [0.2, 0.25) is 0 Å². The predicted molar refractivity (Wildman–Crippen MR) is 60.9 cm³/mol.